The van der Waals surface area contributed by atoms with Crippen molar-refractivity contribution in [2.45, 2.75) is 25.4 Å². The minimum absolute atomic E-state index is 0.0690. The second kappa shape index (κ2) is 4.88. The minimum Gasteiger partial charge on any atom is -0.298 e. The van der Waals surface area contributed by atoms with Gasteiger partial charge in [0.2, 0.25) is 11.8 Å². The zero-order valence-corrected chi connectivity index (χ0v) is 12.0. The average Bonchev–Trinajstić information content (AvgIpc) is 2.80. The standard InChI is InChI=1S/C11H13BrN2O2S/c1-6(9-3-7(12)5-17-9)13-8-4-10(15)14(2)11(8)16/h3,5-6,8,13H,4H2,1-2H3. The summed E-state index contributed by atoms with van der Waals surface area (Å²) in [5.74, 6) is -0.260. The Bertz CT molecular complexity index is 460. The molecular formula is C11H13BrN2O2S. The Balaban J connectivity index is 2.02. The molecule has 0 spiro atoms. The molecule has 2 heterocycles. The van der Waals surface area contributed by atoms with E-state index >= 15 is 0 Å². The zero-order chi connectivity index (χ0) is 12.6. The summed E-state index contributed by atoms with van der Waals surface area (Å²) in [6.45, 7) is 1.99. The first-order valence-corrected chi connectivity index (χ1v) is 6.96. The number of likely N-dealkylation sites (N-methyl/N-ethyl adjacent to an activating group) is 1. The van der Waals surface area contributed by atoms with Crippen LogP contribution in [0.15, 0.2) is 15.9 Å². The molecule has 4 nitrogen and oxygen atoms in total. The van der Waals surface area contributed by atoms with Crippen molar-refractivity contribution < 1.29 is 9.59 Å². The lowest BCUT2D eigenvalue weighted by atomic mass is 10.2. The van der Waals surface area contributed by atoms with Gasteiger partial charge in [-0.05, 0) is 28.9 Å². The van der Waals surface area contributed by atoms with E-state index in [4.69, 9.17) is 0 Å². The van der Waals surface area contributed by atoms with Crippen molar-refractivity contribution in [1.82, 2.24) is 10.2 Å². The highest BCUT2D eigenvalue weighted by molar-refractivity contribution is 9.10. The number of carbonyl (C=O) groups is 2. The third kappa shape index (κ3) is 2.59. The van der Waals surface area contributed by atoms with Crippen molar-refractivity contribution in [3.8, 4) is 0 Å². The fourth-order valence-corrected chi connectivity index (χ4v) is 3.29. The van der Waals surface area contributed by atoms with Gasteiger partial charge < -0.3 is 0 Å². The third-order valence-corrected chi connectivity index (χ3v) is 4.72. The maximum Gasteiger partial charge on any atom is 0.246 e. The fourth-order valence-electron chi connectivity index (χ4n) is 1.82. The molecule has 0 aromatic carbocycles. The van der Waals surface area contributed by atoms with Gasteiger partial charge in [0.25, 0.3) is 0 Å². The maximum absolute atomic E-state index is 11.7. The van der Waals surface area contributed by atoms with E-state index in [1.165, 1.54) is 11.9 Å². The van der Waals surface area contributed by atoms with Crippen molar-refractivity contribution in [2.75, 3.05) is 7.05 Å². The van der Waals surface area contributed by atoms with Crippen LogP contribution in [0.1, 0.15) is 24.3 Å². The Morgan fingerprint density at radius 2 is 2.29 bits per heavy atom. The number of nitrogens with zero attached hydrogens (tertiary/aromatic N) is 1. The molecule has 1 N–H and O–H groups in total. The molecule has 2 atom stereocenters. The molecule has 0 radical (unpaired) electrons. The van der Waals surface area contributed by atoms with E-state index in [9.17, 15) is 9.59 Å². The lowest BCUT2D eigenvalue weighted by Gasteiger charge is -2.16. The van der Waals surface area contributed by atoms with Crippen LogP contribution in [0.3, 0.4) is 0 Å². The van der Waals surface area contributed by atoms with Gasteiger partial charge in [-0.1, -0.05) is 0 Å². The fraction of sp³-hybridized carbons (Fsp3) is 0.455. The van der Waals surface area contributed by atoms with Gasteiger partial charge in [0.05, 0.1) is 12.5 Å². The Labute approximate surface area is 112 Å². The number of hydrogen-bond acceptors (Lipinski definition) is 4. The Morgan fingerprint density at radius 1 is 1.59 bits per heavy atom. The average molecular weight is 317 g/mol. The summed E-state index contributed by atoms with van der Waals surface area (Å²) in [4.78, 5) is 25.4. The number of rotatable bonds is 3. The minimum atomic E-state index is -0.386. The molecule has 1 aliphatic heterocycles. The predicted molar refractivity (Wildman–Crippen MR) is 69.8 cm³/mol. The quantitative estimate of drug-likeness (QED) is 0.867. The first kappa shape index (κ1) is 12.7. The Morgan fingerprint density at radius 3 is 2.76 bits per heavy atom. The second-order valence-corrected chi connectivity index (χ2v) is 5.96. The molecule has 2 rings (SSSR count). The highest BCUT2D eigenvalue weighted by Gasteiger charge is 2.36. The second-order valence-electron chi connectivity index (χ2n) is 4.10. The Kier molecular flexibility index (Phi) is 3.65. The number of nitrogens with one attached hydrogen (secondary N) is 1. The molecule has 6 heteroatoms. The normalized spacial score (nSPS) is 22.3. The summed E-state index contributed by atoms with van der Waals surface area (Å²) in [6.07, 6.45) is 0.256. The highest BCUT2D eigenvalue weighted by atomic mass is 79.9. The van der Waals surface area contributed by atoms with Crippen LogP contribution in [0, 0.1) is 0 Å². The van der Waals surface area contributed by atoms with Gasteiger partial charge in [-0.3, -0.25) is 19.8 Å². The van der Waals surface area contributed by atoms with Gasteiger partial charge >= 0.3 is 0 Å². The summed E-state index contributed by atoms with van der Waals surface area (Å²) in [5.41, 5.74) is 0. The van der Waals surface area contributed by atoms with E-state index in [0.717, 1.165) is 9.35 Å². The molecule has 1 aliphatic rings. The number of likely N-dealkylation sites (tertiary alicyclic amines) is 1. The van der Waals surface area contributed by atoms with Crippen molar-refractivity contribution in [3.05, 3.63) is 20.8 Å². The maximum atomic E-state index is 11.7. The van der Waals surface area contributed by atoms with E-state index in [1.54, 1.807) is 11.3 Å². The van der Waals surface area contributed by atoms with Crippen molar-refractivity contribution in [3.63, 3.8) is 0 Å². The van der Waals surface area contributed by atoms with Crippen LogP contribution in [0.5, 0.6) is 0 Å². The van der Waals surface area contributed by atoms with E-state index < -0.39 is 0 Å². The molecule has 1 aromatic rings. The molecule has 2 unspecified atom stereocenters. The van der Waals surface area contributed by atoms with Crippen LogP contribution in [-0.2, 0) is 9.59 Å². The van der Waals surface area contributed by atoms with E-state index in [-0.39, 0.29) is 30.3 Å². The van der Waals surface area contributed by atoms with Crippen LogP contribution in [0.2, 0.25) is 0 Å². The number of carbonyl (C=O) groups excluding carboxylic acids is 2. The van der Waals surface area contributed by atoms with Crippen LogP contribution in [0.4, 0.5) is 0 Å². The van der Waals surface area contributed by atoms with Gasteiger partial charge in [-0.2, -0.15) is 0 Å². The summed E-state index contributed by atoms with van der Waals surface area (Å²) in [6, 6.07) is 1.70. The number of amides is 2. The monoisotopic (exact) mass is 316 g/mol. The van der Waals surface area contributed by atoms with E-state index in [1.807, 2.05) is 18.4 Å². The zero-order valence-electron chi connectivity index (χ0n) is 9.57. The molecule has 1 fully saturated rings. The van der Waals surface area contributed by atoms with E-state index in [0.29, 0.717) is 0 Å². The molecule has 0 saturated carbocycles. The Hall–Kier alpha value is -0.720. The number of halogens is 1. The molecule has 0 aliphatic carbocycles. The largest absolute Gasteiger partial charge is 0.298 e. The first-order chi connectivity index (χ1) is 7.99. The predicted octanol–water partition coefficient (Wildman–Crippen LogP) is 1.92. The highest BCUT2D eigenvalue weighted by Crippen LogP contribution is 2.26. The number of imide groups is 1. The van der Waals surface area contributed by atoms with Crippen LogP contribution in [0.25, 0.3) is 0 Å². The molecule has 17 heavy (non-hydrogen) atoms. The van der Waals surface area contributed by atoms with Crippen LogP contribution in [-0.4, -0.2) is 29.8 Å². The van der Waals surface area contributed by atoms with Gasteiger partial charge in [0.1, 0.15) is 0 Å². The third-order valence-electron chi connectivity index (χ3n) is 2.85. The van der Waals surface area contributed by atoms with Gasteiger partial charge in [0, 0.05) is 27.8 Å². The molecule has 2 amide bonds. The number of thiophene rings is 1. The molecule has 1 saturated heterocycles. The van der Waals surface area contributed by atoms with Gasteiger partial charge in [-0.15, -0.1) is 11.3 Å². The lowest BCUT2D eigenvalue weighted by Crippen LogP contribution is -2.38. The van der Waals surface area contributed by atoms with Crippen molar-refractivity contribution >= 4 is 39.1 Å². The molecule has 0 bridgehead atoms. The van der Waals surface area contributed by atoms with Crippen LogP contribution >= 0.6 is 27.3 Å². The summed E-state index contributed by atoms with van der Waals surface area (Å²) in [7, 11) is 1.53. The topological polar surface area (TPSA) is 49.4 Å². The van der Waals surface area contributed by atoms with Crippen molar-refractivity contribution in [2.24, 2.45) is 0 Å². The number of hydrogen-bond donors (Lipinski definition) is 1. The lowest BCUT2D eigenvalue weighted by molar-refractivity contribution is -0.137. The smallest absolute Gasteiger partial charge is 0.246 e. The van der Waals surface area contributed by atoms with E-state index in [2.05, 4.69) is 21.2 Å². The summed E-state index contributed by atoms with van der Waals surface area (Å²) in [5, 5.41) is 5.20. The SMILES string of the molecule is CC(NC1CC(=O)N(C)C1=O)c1cc(Br)cs1. The first-order valence-electron chi connectivity index (χ1n) is 5.29. The molecular weight excluding hydrogens is 304 g/mol. The van der Waals surface area contributed by atoms with Crippen molar-refractivity contribution in [1.29, 1.82) is 0 Å². The van der Waals surface area contributed by atoms with Crippen LogP contribution < -0.4 is 5.32 Å². The van der Waals surface area contributed by atoms with Gasteiger partial charge in [-0.25, -0.2) is 0 Å². The molecule has 1 aromatic heterocycles. The summed E-state index contributed by atoms with van der Waals surface area (Å²) < 4.78 is 1.04. The van der Waals surface area contributed by atoms with Gasteiger partial charge in [0.15, 0.2) is 0 Å². The molecule has 92 valence electrons. The summed E-state index contributed by atoms with van der Waals surface area (Å²) >= 11 is 5.02.